The van der Waals surface area contributed by atoms with Gasteiger partial charge in [0, 0.05) is 11.8 Å². The maximum atomic E-state index is 11.9. The Kier molecular flexibility index (Phi) is 2.82. The highest BCUT2D eigenvalue weighted by Crippen LogP contribution is 2.53. The Morgan fingerprint density at radius 1 is 1.36 bits per heavy atom. The van der Waals surface area contributed by atoms with Gasteiger partial charge in [-0.05, 0) is 23.7 Å². The molecule has 2 unspecified atom stereocenters. The third-order valence-corrected chi connectivity index (χ3v) is 4.23. The molecule has 1 saturated carbocycles. The summed E-state index contributed by atoms with van der Waals surface area (Å²) in [6.07, 6.45) is 2.01. The summed E-state index contributed by atoms with van der Waals surface area (Å²) < 4.78 is 0. The number of hydrogen-bond donors (Lipinski definition) is 0. The highest BCUT2D eigenvalue weighted by molar-refractivity contribution is 5.84. The molecular weight excluding hydrogens is 172 g/mol. The van der Waals surface area contributed by atoms with Crippen LogP contribution in [0.2, 0.25) is 0 Å². The summed E-state index contributed by atoms with van der Waals surface area (Å²) in [7, 11) is 0. The van der Waals surface area contributed by atoms with E-state index in [1.54, 1.807) is 0 Å². The first-order valence-electron chi connectivity index (χ1n) is 5.69. The lowest BCUT2D eigenvalue weighted by Gasteiger charge is -2.51. The van der Waals surface area contributed by atoms with Crippen LogP contribution in [-0.2, 0) is 4.79 Å². The van der Waals surface area contributed by atoms with Crippen molar-refractivity contribution in [3.05, 3.63) is 0 Å². The molecule has 0 spiro atoms. The topological polar surface area (TPSA) is 17.1 Å². The van der Waals surface area contributed by atoms with Crippen molar-refractivity contribution in [1.82, 2.24) is 0 Å². The van der Waals surface area contributed by atoms with Crippen molar-refractivity contribution < 1.29 is 4.79 Å². The van der Waals surface area contributed by atoms with Crippen LogP contribution in [0.3, 0.4) is 0 Å². The van der Waals surface area contributed by atoms with Gasteiger partial charge in [-0.25, -0.2) is 0 Å². The fraction of sp³-hybridized carbons (Fsp3) is 0.923. The molecule has 0 bridgehead atoms. The molecule has 2 atom stereocenters. The predicted molar refractivity (Wildman–Crippen MR) is 60.1 cm³/mol. The second-order valence-corrected chi connectivity index (χ2v) is 6.53. The van der Waals surface area contributed by atoms with Gasteiger partial charge in [-0.1, -0.05) is 41.5 Å². The minimum Gasteiger partial charge on any atom is -0.299 e. The number of Topliss-reactive ketones (excluding diaryl/α,β-unsaturated/α-hetero) is 1. The lowest BCUT2D eigenvalue weighted by Crippen LogP contribution is -2.45. The number of rotatable bonds is 2. The van der Waals surface area contributed by atoms with E-state index in [1.165, 1.54) is 6.42 Å². The molecule has 0 saturated heterocycles. The van der Waals surface area contributed by atoms with Crippen molar-refractivity contribution in [3.8, 4) is 0 Å². The molecule has 1 fully saturated rings. The minimum atomic E-state index is -0.158. The van der Waals surface area contributed by atoms with Gasteiger partial charge in [0.2, 0.25) is 0 Å². The number of carbonyl (C=O) groups excluding carboxylic acids is 1. The van der Waals surface area contributed by atoms with Crippen LogP contribution in [0.5, 0.6) is 0 Å². The molecule has 0 aromatic carbocycles. The summed E-state index contributed by atoms with van der Waals surface area (Å²) in [5.41, 5.74) is 0.218. The SMILES string of the molecule is CC1CC(CC(=O)C(C)(C)C)C1(C)C. The van der Waals surface area contributed by atoms with E-state index in [2.05, 4.69) is 20.8 Å². The van der Waals surface area contributed by atoms with Crippen LogP contribution in [-0.4, -0.2) is 5.78 Å². The summed E-state index contributed by atoms with van der Waals surface area (Å²) in [6.45, 7) is 12.9. The second-order valence-electron chi connectivity index (χ2n) is 6.53. The third kappa shape index (κ3) is 2.02. The zero-order chi connectivity index (χ0) is 11.1. The van der Waals surface area contributed by atoms with Crippen LogP contribution in [0, 0.1) is 22.7 Å². The lowest BCUT2D eigenvalue weighted by molar-refractivity contribution is -0.131. The molecule has 1 nitrogen and oxygen atoms in total. The van der Waals surface area contributed by atoms with Crippen LogP contribution in [0.15, 0.2) is 0 Å². The Balaban J connectivity index is 2.53. The minimum absolute atomic E-state index is 0.158. The molecule has 82 valence electrons. The van der Waals surface area contributed by atoms with Gasteiger partial charge in [0.25, 0.3) is 0 Å². The quantitative estimate of drug-likeness (QED) is 0.658. The summed E-state index contributed by atoms with van der Waals surface area (Å²) >= 11 is 0. The van der Waals surface area contributed by atoms with Crippen LogP contribution in [0.25, 0.3) is 0 Å². The normalized spacial score (nSPS) is 31.0. The van der Waals surface area contributed by atoms with Gasteiger partial charge in [-0.3, -0.25) is 4.79 Å². The molecule has 14 heavy (non-hydrogen) atoms. The van der Waals surface area contributed by atoms with Gasteiger partial charge in [-0.2, -0.15) is 0 Å². The van der Waals surface area contributed by atoms with Crippen LogP contribution in [0.4, 0.5) is 0 Å². The van der Waals surface area contributed by atoms with Crippen molar-refractivity contribution in [2.45, 2.75) is 54.4 Å². The summed E-state index contributed by atoms with van der Waals surface area (Å²) in [5.74, 6) is 1.81. The van der Waals surface area contributed by atoms with E-state index in [1.807, 2.05) is 20.8 Å². The highest BCUT2D eigenvalue weighted by Gasteiger charge is 2.46. The molecule has 1 heteroatoms. The summed E-state index contributed by atoms with van der Waals surface area (Å²) in [5, 5.41) is 0. The first-order chi connectivity index (χ1) is 6.15. The van der Waals surface area contributed by atoms with E-state index in [9.17, 15) is 4.79 Å². The fourth-order valence-corrected chi connectivity index (χ4v) is 2.15. The summed E-state index contributed by atoms with van der Waals surface area (Å²) in [4.78, 5) is 11.9. The Morgan fingerprint density at radius 3 is 2.14 bits per heavy atom. The van der Waals surface area contributed by atoms with Crippen LogP contribution in [0.1, 0.15) is 54.4 Å². The number of carbonyl (C=O) groups is 1. The van der Waals surface area contributed by atoms with E-state index < -0.39 is 0 Å². The molecule has 0 N–H and O–H groups in total. The Morgan fingerprint density at radius 2 is 1.86 bits per heavy atom. The first-order valence-corrected chi connectivity index (χ1v) is 5.69. The van der Waals surface area contributed by atoms with Crippen molar-refractivity contribution in [3.63, 3.8) is 0 Å². The van der Waals surface area contributed by atoms with E-state index in [0.717, 1.165) is 12.3 Å². The number of hydrogen-bond acceptors (Lipinski definition) is 1. The Hall–Kier alpha value is -0.330. The van der Waals surface area contributed by atoms with E-state index in [-0.39, 0.29) is 5.41 Å². The molecule has 1 aliphatic rings. The van der Waals surface area contributed by atoms with Crippen molar-refractivity contribution in [2.75, 3.05) is 0 Å². The third-order valence-electron chi connectivity index (χ3n) is 4.23. The van der Waals surface area contributed by atoms with Crippen molar-refractivity contribution in [2.24, 2.45) is 22.7 Å². The van der Waals surface area contributed by atoms with Crippen LogP contribution >= 0.6 is 0 Å². The zero-order valence-electron chi connectivity index (χ0n) is 10.5. The van der Waals surface area contributed by atoms with Gasteiger partial charge in [0.1, 0.15) is 5.78 Å². The monoisotopic (exact) mass is 196 g/mol. The fourth-order valence-electron chi connectivity index (χ4n) is 2.15. The van der Waals surface area contributed by atoms with Gasteiger partial charge in [0.15, 0.2) is 0 Å². The molecular formula is C13H24O. The smallest absolute Gasteiger partial charge is 0.138 e. The Bertz CT molecular complexity index is 232. The van der Waals surface area contributed by atoms with Gasteiger partial charge in [-0.15, -0.1) is 0 Å². The Labute approximate surface area is 88.3 Å². The van der Waals surface area contributed by atoms with Gasteiger partial charge in [0.05, 0.1) is 0 Å². The first kappa shape index (κ1) is 11.7. The summed E-state index contributed by atoms with van der Waals surface area (Å²) in [6, 6.07) is 0. The predicted octanol–water partition coefficient (Wildman–Crippen LogP) is 3.67. The molecule has 0 heterocycles. The van der Waals surface area contributed by atoms with Crippen LogP contribution < -0.4 is 0 Å². The van der Waals surface area contributed by atoms with Gasteiger partial charge < -0.3 is 0 Å². The maximum absolute atomic E-state index is 11.9. The lowest BCUT2D eigenvalue weighted by atomic mass is 9.53. The molecule has 0 aliphatic heterocycles. The molecule has 0 radical (unpaired) electrons. The highest BCUT2D eigenvalue weighted by atomic mass is 16.1. The van der Waals surface area contributed by atoms with Gasteiger partial charge >= 0.3 is 0 Å². The van der Waals surface area contributed by atoms with E-state index in [0.29, 0.717) is 17.1 Å². The molecule has 0 amide bonds. The standard InChI is InChI=1S/C13H24O/c1-9-7-10(13(9,5)6)8-11(14)12(2,3)4/h9-10H,7-8H2,1-6H3. The molecule has 0 aromatic rings. The largest absolute Gasteiger partial charge is 0.299 e. The second kappa shape index (κ2) is 3.36. The average Bonchev–Trinajstić information content (AvgIpc) is 2.02. The zero-order valence-corrected chi connectivity index (χ0v) is 10.5. The maximum Gasteiger partial charge on any atom is 0.138 e. The molecule has 1 aliphatic carbocycles. The average molecular weight is 196 g/mol. The van der Waals surface area contributed by atoms with E-state index >= 15 is 0 Å². The van der Waals surface area contributed by atoms with E-state index in [4.69, 9.17) is 0 Å². The van der Waals surface area contributed by atoms with Crippen molar-refractivity contribution in [1.29, 1.82) is 0 Å². The number of ketones is 1. The molecule has 1 rings (SSSR count). The van der Waals surface area contributed by atoms with Crippen molar-refractivity contribution >= 4 is 5.78 Å². The molecule has 0 aromatic heterocycles.